The SMILES string of the molecule is COc1cc(OC)c2c(c1Cl)O[C@]1(C2=O)C(O)=C(C(CC(=O)NCCC(=O)N2C[C@H]3C[C@@H](C2)c2cccc(=O)n2C3)c2ccc(SC)cc2)C(=O)C[C@H]1C. The maximum Gasteiger partial charge on any atom is 0.250 e. The van der Waals surface area contributed by atoms with Crippen molar-refractivity contribution in [2.75, 3.05) is 40.1 Å². The number of aliphatic hydroxyl groups excluding tert-OH is 1. The molecule has 2 aromatic carbocycles. The van der Waals surface area contributed by atoms with Crippen LogP contribution in [0.2, 0.25) is 5.02 Å². The second-order valence-corrected chi connectivity index (χ2v) is 15.6. The molecule has 1 fully saturated rings. The van der Waals surface area contributed by atoms with Crippen LogP contribution < -0.4 is 25.1 Å². The van der Waals surface area contributed by atoms with Gasteiger partial charge in [-0.25, -0.2) is 0 Å². The highest BCUT2D eigenvalue weighted by atomic mass is 35.5. The molecule has 1 unspecified atom stereocenters. The van der Waals surface area contributed by atoms with Crippen LogP contribution in [0.1, 0.15) is 66.1 Å². The highest BCUT2D eigenvalue weighted by Crippen LogP contribution is 2.56. The highest BCUT2D eigenvalue weighted by Gasteiger charge is 2.61. The van der Waals surface area contributed by atoms with E-state index in [9.17, 15) is 29.1 Å². The number of hydrogen-bond acceptors (Lipinski definition) is 10. The van der Waals surface area contributed by atoms with E-state index in [2.05, 4.69) is 5.32 Å². The fourth-order valence-corrected chi connectivity index (χ4v) is 9.26. The number of methoxy groups -OCH3 is 2. The van der Waals surface area contributed by atoms with Gasteiger partial charge in [-0.2, -0.15) is 0 Å². The van der Waals surface area contributed by atoms with E-state index in [0.29, 0.717) is 25.2 Å². The van der Waals surface area contributed by atoms with E-state index in [0.717, 1.165) is 17.0 Å². The predicted octanol–water partition coefficient (Wildman–Crippen LogP) is 5.30. The Morgan fingerprint density at radius 2 is 1.81 bits per heavy atom. The number of ether oxygens (including phenoxy) is 3. The van der Waals surface area contributed by atoms with Gasteiger partial charge in [0.25, 0.3) is 5.56 Å². The summed E-state index contributed by atoms with van der Waals surface area (Å²) in [5.41, 5.74) is -0.575. The Bertz CT molecular complexity index is 2130. The molecule has 2 bridgehead atoms. The van der Waals surface area contributed by atoms with Crippen LogP contribution in [0.25, 0.3) is 0 Å². The van der Waals surface area contributed by atoms with E-state index in [1.807, 2.05) is 33.9 Å². The molecule has 7 rings (SSSR count). The second-order valence-electron chi connectivity index (χ2n) is 14.4. The molecular weight excluding hydrogens is 734 g/mol. The molecule has 2 N–H and O–H groups in total. The van der Waals surface area contributed by atoms with Crippen molar-refractivity contribution in [2.24, 2.45) is 11.8 Å². The maximum absolute atomic E-state index is 14.4. The van der Waals surface area contributed by atoms with E-state index in [-0.39, 0.29) is 82.5 Å². The zero-order valence-electron chi connectivity index (χ0n) is 30.5. The fraction of sp³-hybridized carbons (Fsp3) is 0.425. The fourth-order valence-electron chi connectivity index (χ4n) is 8.59. The number of halogens is 1. The van der Waals surface area contributed by atoms with Crippen LogP contribution in [-0.4, -0.2) is 83.7 Å². The second kappa shape index (κ2) is 14.8. The van der Waals surface area contributed by atoms with Crippen molar-refractivity contribution in [3.8, 4) is 17.2 Å². The number of aliphatic hydroxyl groups is 1. The van der Waals surface area contributed by atoms with Crippen molar-refractivity contribution in [3.63, 3.8) is 0 Å². The standard InChI is InChI=1S/C40H42ClN3O9S/c1-21-14-28(45)34(38(49)40(21)39(50)35-29(51-2)17-30(52-3)36(41)37(35)53-40)26(23-8-10-25(54-4)11-9-23)16-31(46)42-13-12-32(47)43-18-22-15-24(20-43)27-6-5-7-33(48)44(27)19-22/h5-11,17,21-22,24,26,49H,12-16,18-20H2,1-4H3,(H,42,46)/t21-,22-,24+,26?,40+/m1/s1. The van der Waals surface area contributed by atoms with Crippen LogP contribution in [0.5, 0.6) is 17.2 Å². The zero-order valence-corrected chi connectivity index (χ0v) is 32.1. The number of aromatic nitrogens is 1. The van der Waals surface area contributed by atoms with Crippen LogP contribution in [0.15, 0.2) is 69.6 Å². The van der Waals surface area contributed by atoms with Gasteiger partial charge < -0.3 is 34.1 Å². The molecule has 1 aliphatic carbocycles. The van der Waals surface area contributed by atoms with Crippen molar-refractivity contribution in [3.05, 3.63) is 92.1 Å². The van der Waals surface area contributed by atoms with Gasteiger partial charge in [0.15, 0.2) is 17.3 Å². The quantitative estimate of drug-likeness (QED) is 0.260. The van der Waals surface area contributed by atoms with Gasteiger partial charge in [-0.15, -0.1) is 11.8 Å². The van der Waals surface area contributed by atoms with Crippen molar-refractivity contribution in [1.29, 1.82) is 0 Å². The number of carbonyl (C=O) groups is 4. The number of carbonyl (C=O) groups excluding carboxylic acids is 4. The average Bonchev–Trinajstić information content (AvgIpc) is 3.48. The molecule has 1 saturated heterocycles. The van der Waals surface area contributed by atoms with E-state index in [1.54, 1.807) is 31.2 Å². The summed E-state index contributed by atoms with van der Waals surface area (Å²) in [6.07, 6.45) is 2.52. The van der Waals surface area contributed by atoms with Crippen LogP contribution in [0, 0.1) is 11.8 Å². The van der Waals surface area contributed by atoms with Crippen LogP contribution in [-0.2, 0) is 20.9 Å². The third-order valence-electron chi connectivity index (χ3n) is 11.3. The number of nitrogens with one attached hydrogen (secondary N) is 1. The van der Waals surface area contributed by atoms with E-state index in [4.69, 9.17) is 25.8 Å². The highest BCUT2D eigenvalue weighted by molar-refractivity contribution is 7.98. The Kier molecular flexibility index (Phi) is 10.3. The molecule has 4 heterocycles. The lowest BCUT2D eigenvalue weighted by Crippen LogP contribution is -2.53. The summed E-state index contributed by atoms with van der Waals surface area (Å²) in [5, 5.41) is 15.0. The number of Topliss-reactive ketones (excluding diaryl/α,β-unsaturated/α-hetero) is 2. The summed E-state index contributed by atoms with van der Waals surface area (Å²) in [6, 6.07) is 14.0. The molecule has 0 saturated carbocycles. The number of likely N-dealkylation sites (tertiary alicyclic amines) is 1. The normalized spacial score (nSPS) is 23.4. The summed E-state index contributed by atoms with van der Waals surface area (Å²) in [4.78, 5) is 70.6. The third-order valence-corrected chi connectivity index (χ3v) is 12.4. The monoisotopic (exact) mass is 775 g/mol. The Morgan fingerprint density at radius 3 is 2.52 bits per heavy atom. The minimum absolute atomic E-state index is 0.0168. The molecular formula is C40H42ClN3O9S. The van der Waals surface area contributed by atoms with Crippen molar-refractivity contribution >= 4 is 46.7 Å². The molecule has 2 amide bonds. The molecule has 54 heavy (non-hydrogen) atoms. The Hall–Kier alpha value is -4.75. The number of piperidine rings is 1. The molecule has 0 radical (unpaired) electrons. The number of hydrogen-bond donors (Lipinski definition) is 2. The van der Waals surface area contributed by atoms with Gasteiger partial charge in [0.05, 0.1) is 14.2 Å². The summed E-state index contributed by atoms with van der Waals surface area (Å²) >= 11 is 8.15. The van der Waals surface area contributed by atoms with Gasteiger partial charge in [0.2, 0.25) is 23.2 Å². The minimum atomic E-state index is -2.00. The first-order chi connectivity index (χ1) is 25.9. The Morgan fingerprint density at radius 1 is 1.07 bits per heavy atom. The number of thioether (sulfide) groups is 1. The van der Waals surface area contributed by atoms with Gasteiger partial charge >= 0.3 is 0 Å². The number of nitrogens with zero attached hydrogens (tertiary/aromatic N) is 2. The Labute approximate surface area is 321 Å². The average molecular weight is 776 g/mol. The Balaban J connectivity index is 1.13. The lowest BCUT2D eigenvalue weighted by atomic mass is 9.69. The number of benzene rings is 2. The van der Waals surface area contributed by atoms with Gasteiger partial charge in [-0.1, -0.05) is 36.7 Å². The first kappa shape index (κ1) is 37.6. The summed E-state index contributed by atoms with van der Waals surface area (Å²) in [6.45, 7) is 3.33. The summed E-state index contributed by atoms with van der Waals surface area (Å²) in [7, 11) is 2.80. The molecule has 1 spiro atoms. The smallest absolute Gasteiger partial charge is 0.250 e. The topological polar surface area (TPSA) is 153 Å². The van der Waals surface area contributed by atoms with Gasteiger partial charge in [0, 0.05) is 91.5 Å². The molecule has 3 aromatic rings. The van der Waals surface area contributed by atoms with E-state index < -0.39 is 40.7 Å². The molecule has 5 atom stereocenters. The summed E-state index contributed by atoms with van der Waals surface area (Å²) < 4.78 is 19.0. The predicted molar refractivity (Wildman–Crippen MR) is 202 cm³/mol. The van der Waals surface area contributed by atoms with Crippen molar-refractivity contribution < 1.29 is 38.5 Å². The van der Waals surface area contributed by atoms with Crippen molar-refractivity contribution in [1.82, 2.24) is 14.8 Å². The summed E-state index contributed by atoms with van der Waals surface area (Å²) in [5.74, 6) is -3.35. The third kappa shape index (κ3) is 6.34. The molecule has 1 aromatic heterocycles. The maximum atomic E-state index is 14.4. The van der Waals surface area contributed by atoms with Crippen LogP contribution in [0.4, 0.5) is 0 Å². The van der Waals surface area contributed by atoms with Crippen LogP contribution in [0.3, 0.4) is 0 Å². The number of pyridine rings is 1. The van der Waals surface area contributed by atoms with E-state index in [1.165, 1.54) is 32.0 Å². The lowest BCUT2D eigenvalue weighted by Gasteiger charge is -2.42. The molecule has 284 valence electrons. The van der Waals surface area contributed by atoms with Gasteiger partial charge in [-0.3, -0.25) is 24.0 Å². The zero-order chi connectivity index (χ0) is 38.5. The number of fused-ring (bicyclic) bond motifs is 5. The molecule has 14 heteroatoms. The molecule has 4 aliphatic rings. The first-order valence-corrected chi connectivity index (χ1v) is 19.5. The van der Waals surface area contributed by atoms with E-state index >= 15 is 0 Å². The number of rotatable bonds is 10. The number of allylic oxidation sites excluding steroid dienone is 1. The number of amides is 2. The van der Waals surface area contributed by atoms with Gasteiger partial charge in [-0.05, 0) is 42.4 Å². The molecule has 12 nitrogen and oxygen atoms in total. The largest absolute Gasteiger partial charge is 0.507 e. The first-order valence-electron chi connectivity index (χ1n) is 17.9. The van der Waals surface area contributed by atoms with Gasteiger partial charge in [0.1, 0.15) is 22.1 Å². The molecule has 3 aliphatic heterocycles. The van der Waals surface area contributed by atoms with Crippen LogP contribution >= 0.6 is 23.4 Å². The van der Waals surface area contributed by atoms with Crippen molar-refractivity contribution in [2.45, 2.75) is 61.5 Å². The minimum Gasteiger partial charge on any atom is -0.507 e. The lowest BCUT2D eigenvalue weighted by molar-refractivity contribution is -0.134. The number of ketones is 2.